The van der Waals surface area contributed by atoms with Crippen molar-refractivity contribution in [3.63, 3.8) is 0 Å². The summed E-state index contributed by atoms with van der Waals surface area (Å²) in [6.45, 7) is 5.52. The molecule has 24 heavy (non-hydrogen) atoms. The molecular formula is C22H23NO. The maximum Gasteiger partial charge on any atom is 0.187 e. The van der Waals surface area contributed by atoms with Gasteiger partial charge in [-0.1, -0.05) is 59.7 Å². The minimum atomic E-state index is 0.163. The molecule has 0 N–H and O–H groups in total. The molecule has 122 valence electrons. The second-order valence-electron chi connectivity index (χ2n) is 6.67. The summed E-state index contributed by atoms with van der Waals surface area (Å²) < 4.78 is 0. The first-order valence-electron chi connectivity index (χ1n) is 8.29. The van der Waals surface area contributed by atoms with E-state index in [1.807, 2.05) is 36.4 Å². The maximum atomic E-state index is 12.9. The van der Waals surface area contributed by atoms with Gasteiger partial charge in [-0.3, -0.25) is 9.69 Å². The summed E-state index contributed by atoms with van der Waals surface area (Å²) in [6.07, 6.45) is 4.05. The van der Waals surface area contributed by atoms with Crippen LogP contribution >= 0.6 is 0 Å². The number of carbonyl (C=O) groups excluding carboxylic acids is 1. The molecule has 0 spiro atoms. The molecule has 0 amide bonds. The van der Waals surface area contributed by atoms with Crippen LogP contribution in [0.15, 0.2) is 59.7 Å². The fourth-order valence-corrected chi connectivity index (χ4v) is 3.13. The molecule has 2 heteroatoms. The van der Waals surface area contributed by atoms with Crippen LogP contribution in [0.25, 0.3) is 12.2 Å². The summed E-state index contributed by atoms with van der Waals surface area (Å²) in [5.41, 5.74) is 6.29. The van der Waals surface area contributed by atoms with E-state index in [0.29, 0.717) is 13.1 Å². The van der Waals surface area contributed by atoms with E-state index in [0.717, 1.165) is 22.3 Å². The number of likely N-dealkylation sites (N-methyl/N-ethyl adjacent to an activating group) is 1. The van der Waals surface area contributed by atoms with E-state index >= 15 is 0 Å². The van der Waals surface area contributed by atoms with Gasteiger partial charge in [0.2, 0.25) is 0 Å². The molecule has 1 aliphatic heterocycles. The zero-order chi connectivity index (χ0) is 17.1. The first-order valence-corrected chi connectivity index (χ1v) is 8.29. The van der Waals surface area contributed by atoms with Crippen molar-refractivity contribution in [2.75, 3.05) is 20.1 Å². The first-order chi connectivity index (χ1) is 11.5. The largest absolute Gasteiger partial charge is 0.298 e. The third-order valence-corrected chi connectivity index (χ3v) is 4.23. The van der Waals surface area contributed by atoms with Crippen LogP contribution in [-0.4, -0.2) is 30.8 Å². The van der Waals surface area contributed by atoms with Gasteiger partial charge in [-0.05, 0) is 44.2 Å². The van der Waals surface area contributed by atoms with Gasteiger partial charge in [0.15, 0.2) is 5.78 Å². The molecule has 0 radical (unpaired) electrons. The summed E-state index contributed by atoms with van der Waals surface area (Å²) in [7, 11) is 2.06. The number of aryl methyl sites for hydroxylation is 2. The Morgan fingerprint density at radius 1 is 0.833 bits per heavy atom. The predicted molar refractivity (Wildman–Crippen MR) is 101 cm³/mol. The Morgan fingerprint density at radius 3 is 1.71 bits per heavy atom. The fraction of sp³-hybridized carbons (Fsp3) is 0.227. The van der Waals surface area contributed by atoms with Crippen LogP contribution in [0.3, 0.4) is 0 Å². The van der Waals surface area contributed by atoms with Crippen molar-refractivity contribution in [2.24, 2.45) is 0 Å². The lowest BCUT2D eigenvalue weighted by atomic mass is 9.94. The number of Topliss-reactive ketones (excluding diaryl/α,β-unsaturated/α-hetero) is 1. The SMILES string of the molecule is Cc1cccc(/C=C2\CN(C)C/C(=C\c3cccc(C)c3)C2=O)c1. The maximum absolute atomic E-state index is 12.9. The quantitative estimate of drug-likeness (QED) is 0.770. The van der Waals surface area contributed by atoms with Gasteiger partial charge in [0.1, 0.15) is 0 Å². The van der Waals surface area contributed by atoms with E-state index in [1.54, 1.807) is 0 Å². The highest BCUT2D eigenvalue weighted by molar-refractivity contribution is 6.14. The molecule has 1 fully saturated rings. The number of nitrogens with zero attached hydrogens (tertiary/aromatic N) is 1. The second-order valence-corrected chi connectivity index (χ2v) is 6.67. The summed E-state index contributed by atoms with van der Waals surface area (Å²) in [5, 5.41) is 0. The molecule has 0 saturated carbocycles. The number of hydrogen-bond donors (Lipinski definition) is 0. The minimum absolute atomic E-state index is 0.163. The Morgan fingerprint density at radius 2 is 1.29 bits per heavy atom. The van der Waals surface area contributed by atoms with Gasteiger partial charge in [-0.25, -0.2) is 0 Å². The molecule has 0 aromatic heterocycles. The highest BCUT2D eigenvalue weighted by Crippen LogP contribution is 2.21. The van der Waals surface area contributed by atoms with E-state index in [1.165, 1.54) is 11.1 Å². The zero-order valence-electron chi connectivity index (χ0n) is 14.5. The van der Waals surface area contributed by atoms with Crippen LogP contribution < -0.4 is 0 Å². The van der Waals surface area contributed by atoms with Gasteiger partial charge < -0.3 is 0 Å². The Balaban J connectivity index is 1.94. The molecule has 2 aromatic carbocycles. The first kappa shape index (κ1) is 16.4. The van der Waals surface area contributed by atoms with Gasteiger partial charge in [-0.2, -0.15) is 0 Å². The molecule has 0 unspecified atom stereocenters. The van der Waals surface area contributed by atoms with Crippen LogP contribution in [0.5, 0.6) is 0 Å². The van der Waals surface area contributed by atoms with Gasteiger partial charge in [0.25, 0.3) is 0 Å². The average Bonchev–Trinajstić information content (AvgIpc) is 2.52. The van der Waals surface area contributed by atoms with Crippen molar-refractivity contribution >= 4 is 17.9 Å². The molecule has 3 rings (SSSR count). The fourth-order valence-electron chi connectivity index (χ4n) is 3.13. The lowest BCUT2D eigenvalue weighted by Gasteiger charge is -2.26. The number of ketones is 1. The summed E-state index contributed by atoms with van der Waals surface area (Å²) in [6, 6.07) is 16.5. The topological polar surface area (TPSA) is 20.3 Å². The normalized spacial score (nSPS) is 19.2. The molecule has 1 aliphatic rings. The van der Waals surface area contributed by atoms with E-state index in [4.69, 9.17) is 0 Å². The number of rotatable bonds is 2. The van der Waals surface area contributed by atoms with Gasteiger partial charge in [0.05, 0.1) is 0 Å². The predicted octanol–water partition coefficient (Wildman–Crippen LogP) is 4.28. The number of piperidine rings is 1. The number of benzene rings is 2. The number of likely N-dealkylation sites (tertiary alicyclic amines) is 1. The number of carbonyl (C=O) groups is 1. The molecule has 0 bridgehead atoms. The van der Waals surface area contributed by atoms with E-state index in [2.05, 4.69) is 50.1 Å². The van der Waals surface area contributed by atoms with Crippen LogP contribution in [0.1, 0.15) is 22.3 Å². The summed E-state index contributed by atoms with van der Waals surface area (Å²) >= 11 is 0. The molecule has 1 heterocycles. The smallest absolute Gasteiger partial charge is 0.187 e. The summed E-state index contributed by atoms with van der Waals surface area (Å²) in [4.78, 5) is 15.1. The van der Waals surface area contributed by atoms with Crippen LogP contribution in [0.2, 0.25) is 0 Å². The molecule has 1 saturated heterocycles. The summed E-state index contributed by atoms with van der Waals surface area (Å²) in [5.74, 6) is 0.163. The van der Waals surface area contributed by atoms with Crippen LogP contribution in [0.4, 0.5) is 0 Å². The van der Waals surface area contributed by atoms with Crippen molar-refractivity contribution in [1.82, 2.24) is 4.90 Å². The van der Waals surface area contributed by atoms with Gasteiger partial charge in [-0.15, -0.1) is 0 Å². The van der Waals surface area contributed by atoms with Crippen molar-refractivity contribution in [1.29, 1.82) is 0 Å². The second kappa shape index (κ2) is 6.98. The molecular weight excluding hydrogens is 294 g/mol. The lowest BCUT2D eigenvalue weighted by molar-refractivity contribution is -0.113. The van der Waals surface area contributed by atoms with E-state index in [9.17, 15) is 4.79 Å². The molecule has 0 aliphatic carbocycles. The van der Waals surface area contributed by atoms with Crippen molar-refractivity contribution < 1.29 is 4.79 Å². The minimum Gasteiger partial charge on any atom is -0.298 e. The molecule has 0 atom stereocenters. The van der Waals surface area contributed by atoms with Crippen molar-refractivity contribution in [2.45, 2.75) is 13.8 Å². The number of hydrogen-bond acceptors (Lipinski definition) is 2. The monoisotopic (exact) mass is 317 g/mol. The van der Waals surface area contributed by atoms with E-state index < -0.39 is 0 Å². The molecule has 2 nitrogen and oxygen atoms in total. The van der Waals surface area contributed by atoms with Crippen LogP contribution in [0, 0.1) is 13.8 Å². The van der Waals surface area contributed by atoms with Crippen molar-refractivity contribution in [3.05, 3.63) is 81.9 Å². The zero-order valence-corrected chi connectivity index (χ0v) is 14.5. The third-order valence-electron chi connectivity index (χ3n) is 4.23. The van der Waals surface area contributed by atoms with Crippen LogP contribution in [-0.2, 0) is 4.79 Å². The van der Waals surface area contributed by atoms with Gasteiger partial charge >= 0.3 is 0 Å². The highest BCUT2D eigenvalue weighted by atomic mass is 16.1. The Kier molecular flexibility index (Phi) is 4.77. The van der Waals surface area contributed by atoms with Crippen molar-refractivity contribution in [3.8, 4) is 0 Å². The standard InChI is InChI=1S/C22H23NO/c1-16-6-4-8-18(10-16)12-20-14-23(3)15-21(22(20)24)13-19-9-5-7-17(2)11-19/h4-13H,14-15H2,1-3H3/b20-12+,21-13+. The third kappa shape index (κ3) is 3.90. The molecule has 2 aromatic rings. The Bertz CT molecular complexity index is 762. The van der Waals surface area contributed by atoms with E-state index in [-0.39, 0.29) is 5.78 Å². The highest BCUT2D eigenvalue weighted by Gasteiger charge is 2.23. The average molecular weight is 317 g/mol. The van der Waals surface area contributed by atoms with Gasteiger partial charge in [0, 0.05) is 24.2 Å². The Labute approximate surface area is 144 Å². The lowest BCUT2D eigenvalue weighted by Crippen LogP contribution is -2.34. The Hall–Kier alpha value is -2.45.